The summed E-state index contributed by atoms with van der Waals surface area (Å²) in [4.78, 5) is 35.5. The summed E-state index contributed by atoms with van der Waals surface area (Å²) >= 11 is 0. The summed E-state index contributed by atoms with van der Waals surface area (Å²) in [5.41, 5.74) is -1.40. The molecule has 0 aromatic carbocycles. The number of carbonyl (C=O) groups is 3. The van der Waals surface area contributed by atoms with Crippen LogP contribution in [0.2, 0.25) is 0 Å². The number of aryl methyl sites for hydroxylation is 1. The summed E-state index contributed by atoms with van der Waals surface area (Å²) < 4.78 is 9.94. The minimum atomic E-state index is -1.52. The van der Waals surface area contributed by atoms with E-state index in [1.165, 1.54) is 6.26 Å². The zero-order valence-electron chi connectivity index (χ0n) is 12.8. The van der Waals surface area contributed by atoms with E-state index in [1.54, 1.807) is 27.7 Å². The molecule has 1 fully saturated rings. The van der Waals surface area contributed by atoms with Gasteiger partial charge in [-0.25, -0.2) is 9.59 Å². The molecule has 1 unspecified atom stereocenters. The molecule has 0 saturated carbocycles. The first-order chi connectivity index (χ1) is 10.1. The topological polar surface area (TPSA) is 123 Å². The lowest BCUT2D eigenvalue weighted by Gasteiger charge is -2.26. The lowest BCUT2D eigenvalue weighted by molar-refractivity contribution is -0.124. The molecule has 9 nitrogen and oxygen atoms in total. The predicted octanol–water partition coefficient (Wildman–Crippen LogP) is 0.542. The summed E-state index contributed by atoms with van der Waals surface area (Å²) in [6.45, 7) is 6.61. The molecule has 0 radical (unpaired) electrons. The number of urea groups is 1. The number of nitrogens with zero attached hydrogens (tertiary/aromatic N) is 1. The normalized spacial score (nSPS) is 21.3. The van der Waals surface area contributed by atoms with Crippen LogP contribution in [0, 0.1) is 6.92 Å². The molecule has 2 heterocycles. The maximum absolute atomic E-state index is 12.2. The summed E-state index contributed by atoms with van der Waals surface area (Å²) in [6, 6.07) is -0.668. The summed E-state index contributed by atoms with van der Waals surface area (Å²) in [7, 11) is 0. The molecule has 1 aliphatic heterocycles. The molecule has 4 amide bonds. The van der Waals surface area contributed by atoms with Gasteiger partial charge in [-0.1, -0.05) is 5.16 Å². The Bertz CT molecular complexity index is 618. The van der Waals surface area contributed by atoms with E-state index in [1.807, 2.05) is 0 Å². The van der Waals surface area contributed by atoms with Gasteiger partial charge in [0.2, 0.25) is 0 Å². The molecule has 0 bridgehead atoms. The van der Waals surface area contributed by atoms with Crippen LogP contribution in [0.15, 0.2) is 10.8 Å². The molecule has 0 aliphatic carbocycles. The van der Waals surface area contributed by atoms with E-state index >= 15 is 0 Å². The van der Waals surface area contributed by atoms with Crippen molar-refractivity contribution in [1.29, 1.82) is 0 Å². The predicted molar refractivity (Wildman–Crippen MR) is 73.8 cm³/mol. The molecule has 3 N–H and O–H groups in total. The number of carbonyl (C=O) groups excluding carboxylic acids is 3. The Hall–Kier alpha value is -2.58. The van der Waals surface area contributed by atoms with Crippen molar-refractivity contribution in [2.24, 2.45) is 0 Å². The highest BCUT2D eigenvalue weighted by molar-refractivity contribution is 6.07. The monoisotopic (exact) mass is 310 g/mol. The number of hydrogen-bond acceptors (Lipinski definition) is 6. The lowest BCUT2D eigenvalue weighted by atomic mass is 9.93. The van der Waals surface area contributed by atoms with Gasteiger partial charge in [-0.15, -0.1) is 0 Å². The van der Waals surface area contributed by atoms with Gasteiger partial charge in [0.25, 0.3) is 5.91 Å². The van der Waals surface area contributed by atoms with Gasteiger partial charge in [0.1, 0.15) is 17.6 Å². The molecule has 0 spiro atoms. The average Bonchev–Trinajstić information content (AvgIpc) is 2.89. The highest BCUT2D eigenvalue weighted by Gasteiger charge is 2.51. The largest absolute Gasteiger partial charge is 0.444 e. The number of hydrogen-bond donors (Lipinski definition) is 3. The first-order valence-corrected chi connectivity index (χ1v) is 6.66. The second-order valence-corrected chi connectivity index (χ2v) is 6.02. The molecule has 9 heteroatoms. The molecule has 120 valence electrons. The number of nitrogens with one attached hydrogen (secondary N) is 3. The third-order valence-corrected chi connectivity index (χ3v) is 2.99. The number of rotatable bonds is 3. The number of aromatic nitrogens is 1. The Morgan fingerprint density at radius 1 is 1.45 bits per heavy atom. The Morgan fingerprint density at radius 3 is 2.59 bits per heavy atom. The SMILES string of the molecule is Cc1conc1C1(CNC(=O)OC(C)(C)C)NC(=O)NC1=O. The van der Waals surface area contributed by atoms with Gasteiger partial charge in [0, 0.05) is 5.56 Å². The van der Waals surface area contributed by atoms with Gasteiger partial charge in [0.15, 0.2) is 5.54 Å². The summed E-state index contributed by atoms with van der Waals surface area (Å²) in [5, 5.41) is 10.9. The third kappa shape index (κ3) is 3.02. The van der Waals surface area contributed by atoms with Crippen molar-refractivity contribution < 1.29 is 23.6 Å². The number of amides is 4. The maximum atomic E-state index is 12.2. The first kappa shape index (κ1) is 15.8. The fraction of sp³-hybridized carbons (Fsp3) is 0.538. The number of alkyl carbamates (subject to hydrolysis) is 1. The first-order valence-electron chi connectivity index (χ1n) is 6.66. The van der Waals surface area contributed by atoms with E-state index in [9.17, 15) is 14.4 Å². The second-order valence-electron chi connectivity index (χ2n) is 6.02. The Kier molecular flexibility index (Phi) is 3.82. The molecule has 1 aromatic rings. The van der Waals surface area contributed by atoms with Gasteiger partial charge in [-0.2, -0.15) is 0 Å². The van der Waals surface area contributed by atoms with E-state index in [0.29, 0.717) is 5.56 Å². The van der Waals surface area contributed by atoms with Gasteiger partial charge < -0.3 is 19.9 Å². The standard InChI is InChI=1S/C13H18N4O5/c1-7-5-21-17-8(7)13(9(18)15-10(19)16-13)6-14-11(20)22-12(2,3)4/h5H,6H2,1-4H3,(H,14,20)(H2,15,16,18,19). The average molecular weight is 310 g/mol. The third-order valence-electron chi connectivity index (χ3n) is 2.99. The van der Waals surface area contributed by atoms with E-state index in [0.717, 1.165) is 0 Å². The molecular formula is C13H18N4O5. The zero-order chi connectivity index (χ0) is 16.5. The van der Waals surface area contributed by atoms with Crippen LogP contribution in [0.4, 0.5) is 9.59 Å². The van der Waals surface area contributed by atoms with Crippen molar-refractivity contribution in [3.05, 3.63) is 17.5 Å². The van der Waals surface area contributed by atoms with Crippen LogP contribution in [0.25, 0.3) is 0 Å². The highest BCUT2D eigenvalue weighted by Crippen LogP contribution is 2.26. The van der Waals surface area contributed by atoms with Crippen LogP contribution in [0.5, 0.6) is 0 Å². The highest BCUT2D eigenvalue weighted by atomic mass is 16.6. The van der Waals surface area contributed by atoms with Crippen molar-refractivity contribution in [1.82, 2.24) is 21.1 Å². The van der Waals surface area contributed by atoms with Crippen LogP contribution in [0.3, 0.4) is 0 Å². The molecule has 1 aromatic heterocycles. The fourth-order valence-corrected chi connectivity index (χ4v) is 2.09. The van der Waals surface area contributed by atoms with E-state index in [4.69, 9.17) is 9.26 Å². The molecule has 22 heavy (non-hydrogen) atoms. The van der Waals surface area contributed by atoms with E-state index in [-0.39, 0.29) is 12.2 Å². The number of imide groups is 1. The van der Waals surface area contributed by atoms with Gasteiger partial charge in [-0.3, -0.25) is 10.1 Å². The summed E-state index contributed by atoms with van der Waals surface area (Å²) in [5.74, 6) is -0.620. The Labute approximate surface area is 126 Å². The molecule has 1 atom stereocenters. The molecule has 2 rings (SSSR count). The van der Waals surface area contributed by atoms with Crippen molar-refractivity contribution in [3.8, 4) is 0 Å². The van der Waals surface area contributed by atoms with Gasteiger partial charge in [-0.05, 0) is 27.7 Å². The Morgan fingerprint density at radius 2 is 2.14 bits per heavy atom. The van der Waals surface area contributed by atoms with Gasteiger partial charge in [0.05, 0.1) is 6.54 Å². The maximum Gasteiger partial charge on any atom is 0.407 e. The fourth-order valence-electron chi connectivity index (χ4n) is 2.09. The van der Waals surface area contributed by atoms with Crippen LogP contribution < -0.4 is 16.0 Å². The van der Waals surface area contributed by atoms with Crippen molar-refractivity contribution in [2.45, 2.75) is 38.8 Å². The van der Waals surface area contributed by atoms with Crippen molar-refractivity contribution in [3.63, 3.8) is 0 Å². The van der Waals surface area contributed by atoms with Crippen molar-refractivity contribution in [2.75, 3.05) is 6.54 Å². The van der Waals surface area contributed by atoms with Gasteiger partial charge >= 0.3 is 12.1 Å². The minimum absolute atomic E-state index is 0.215. The van der Waals surface area contributed by atoms with Crippen LogP contribution in [-0.2, 0) is 15.1 Å². The van der Waals surface area contributed by atoms with E-state index in [2.05, 4.69) is 21.1 Å². The van der Waals surface area contributed by atoms with Crippen molar-refractivity contribution >= 4 is 18.0 Å². The molecule has 1 saturated heterocycles. The smallest absolute Gasteiger partial charge is 0.407 e. The van der Waals surface area contributed by atoms with Crippen LogP contribution >= 0.6 is 0 Å². The molecular weight excluding hydrogens is 292 g/mol. The summed E-state index contributed by atoms with van der Waals surface area (Å²) in [6.07, 6.45) is 0.643. The Balaban J connectivity index is 2.21. The minimum Gasteiger partial charge on any atom is -0.444 e. The van der Waals surface area contributed by atoms with Crippen LogP contribution in [-0.4, -0.2) is 35.3 Å². The second kappa shape index (κ2) is 5.32. The van der Waals surface area contributed by atoms with Crippen LogP contribution in [0.1, 0.15) is 32.0 Å². The lowest BCUT2D eigenvalue weighted by Crippen LogP contribution is -2.53. The zero-order valence-corrected chi connectivity index (χ0v) is 12.8. The molecule has 1 aliphatic rings. The quantitative estimate of drug-likeness (QED) is 0.700. The van der Waals surface area contributed by atoms with E-state index < -0.39 is 29.2 Å². The number of ether oxygens (including phenoxy) is 1.